The zero-order valence-corrected chi connectivity index (χ0v) is 17.8. The van der Waals surface area contributed by atoms with Gasteiger partial charge in [0.05, 0.1) is 13.2 Å². The normalized spacial score (nSPS) is 17.7. The highest BCUT2D eigenvalue weighted by Gasteiger charge is 2.23. The van der Waals surface area contributed by atoms with Crippen LogP contribution < -0.4 is 9.47 Å². The lowest BCUT2D eigenvalue weighted by Crippen LogP contribution is -2.31. The number of hydrogen-bond acceptors (Lipinski definition) is 5. The van der Waals surface area contributed by atoms with Crippen LogP contribution in [-0.2, 0) is 19.5 Å². The second-order valence-electron chi connectivity index (χ2n) is 8.13. The summed E-state index contributed by atoms with van der Waals surface area (Å²) in [4.78, 5) is 12.2. The molecule has 1 aromatic heterocycles. The molecule has 2 aliphatic rings. The molecule has 4 rings (SSSR count). The van der Waals surface area contributed by atoms with E-state index in [1.54, 1.807) is 0 Å². The van der Waals surface area contributed by atoms with Crippen LogP contribution in [0.2, 0.25) is 0 Å². The number of benzene rings is 1. The molecule has 0 bridgehead atoms. The summed E-state index contributed by atoms with van der Waals surface area (Å²) in [6.45, 7) is 8.13. The molecular formula is C24H33N3O2. The molecule has 0 N–H and O–H groups in total. The molecular weight excluding hydrogens is 362 g/mol. The maximum absolute atomic E-state index is 5.89. The lowest BCUT2D eigenvalue weighted by Gasteiger charge is -2.29. The Morgan fingerprint density at radius 3 is 2.69 bits per heavy atom. The monoisotopic (exact) mass is 395 g/mol. The van der Waals surface area contributed by atoms with Gasteiger partial charge in [-0.2, -0.15) is 0 Å². The van der Waals surface area contributed by atoms with Gasteiger partial charge in [0.2, 0.25) is 0 Å². The molecule has 0 amide bonds. The highest BCUT2D eigenvalue weighted by molar-refractivity contribution is 5.41. The quantitative estimate of drug-likeness (QED) is 0.669. The molecule has 0 saturated heterocycles. The summed E-state index contributed by atoms with van der Waals surface area (Å²) in [6, 6.07) is 6.19. The summed E-state index contributed by atoms with van der Waals surface area (Å²) in [7, 11) is 0. The first-order valence-electron chi connectivity index (χ1n) is 11.2. The van der Waals surface area contributed by atoms with Gasteiger partial charge in [-0.3, -0.25) is 4.90 Å². The van der Waals surface area contributed by atoms with Crippen molar-refractivity contribution >= 4 is 0 Å². The largest absolute Gasteiger partial charge is 0.494 e. The Balaban J connectivity index is 1.45. The molecule has 5 heteroatoms. The van der Waals surface area contributed by atoms with E-state index in [0.717, 1.165) is 43.4 Å². The second kappa shape index (κ2) is 9.57. The molecule has 0 spiro atoms. The van der Waals surface area contributed by atoms with Crippen molar-refractivity contribution in [3.8, 4) is 11.5 Å². The second-order valence-corrected chi connectivity index (χ2v) is 8.13. The van der Waals surface area contributed by atoms with Crippen molar-refractivity contribution in [2.45, 2.75) is 71.4 Å². The molecule has 2 aromatic rings. The highest BCUT2D eigenvalue weighted by Crippen LogP contribution is 2.32. The van der Waals surface area contributed by atoms with E-state index in [2.05, 4.69) is 17.2 Å². The predicted octanol–water partition coefficient (Wildman–Crippen LogP) is 4.88. The zero-order chi connectivity index (χ0) is 20.1. The van der Waals surface area contributed by atoms with Gasteiger partial charge in [-0.25, -0.2) is 9.97 Å². The van der Waals surface area contributed by atoms with E-state index < -0.39 is 0 Å². The summed E-state index contributed by atoms with van der Waals surface area (Å²) in [6.07, 6.45) is 9.60. The van der Waals surface area contributed by atoms with Gasteiger partial charge in [-0.05, 0) is 32.8 Å². The lowest BCUT2D eigenvalue weighted by atomic mass is 9.88. The molecule has 1 aliphatic carbocycles. The summed E-state index contributed by atoms with van der Waals surface area (Å²) in [5.41, 5.74) is 3.74. The van der Waals surface area contributed by atoms with Crippen molar-refractivity contribution in [1.82, 2.24) is 14.9 Å². The fraction of sp³-hybridized carbons (Fsp3) is 0.583. The first-order valence-corrected chi connectivity index (χ1v) is 11.2. The minimum atomic E-state index is 0.574. The minimum Gasteiger partial charge on any atom is -0.494 e. The van der Waals surface area contributed by atoms with Gasteiger partial charge in [0.15, 0.2) is 0 Å². The van der Waals surface area contributed by atoms with Crippen LogP contribution in [0, 0.1) is 0 Å². The summed E-state index contributed by atoms with van der Waals surface area (Å²) in [5.74, 6) is 3.45. The van der Waals surface area contributed by atoms with Gasteiger partial charge in [0.25, 0.3) is 0 Å². The molecule has 0 radical (unpaired) electrons. The van der Waals surface area contributed by atoms with Crippen LogP contribution in [0.5, 0.6) is 11.5 Å². The first-order chi connectivity index (χ1) is 14.3. The Morgan fingerprint density at radius 2 is 1.90 bits per heavy atom. The van der Waals surface area contributed by atoms with Crippen molar-refractivity contribution in [2.75, 3.05) is 19.8 Å². The van der Waals surface area contributed by atoms with Crippen LogP contribution in [0.3, 0.4) is 0 Å². The van der Waals surface area contributed by atoms with Crippen molar-refractivity contribution < 1.29 is 9.47 Å². The maximum Gasteiger partial charge on any atom is 0.131 e. The van der Waals surface area contributed by atoms with Gasteiger partial charge in [0, 0.05) is 61.1 Å². The van der Waals surface area contributed by atoms with Gasteiger partial charge in [-0.1, -0.05) is 25.3 Å². The predicted molar refractivity (Wildman–Crippen MR) is 114 cm³/mol. The summed E-state index contributed by atoms with van der Waals surface area (Å²) < 4.78 is 11.5. The maximum atomic E-state index is 5.89. The lowest BCUT2D eigenvalue weighted by molar-refractivity contribution is 0.235. The average molecular weight is 396 g/mol. The smallest absolute Gasteiger partial charge is 0.131 e. The van der Waals surface area contributed by atoms with Crippen LogP contribution in [-0.4, -0.2) is 34.6 Å². The van der Waals surface area contributed by atoms with E-state index in [0.29, 0.717) is 19.1 Å². The molecule has 1 fully saturated rings. The summed E-state index contributed by atoms with van der Waals surface area (Å²) in [5, 5.41) is 0. The van der Waals surface area contributed by atoms with Crippen LogP contribution in [0.15, 0.2) is 24.4 Å². The summed E-state index contributed by atoms with van der Waals surface area (Å²) >= 11 is 0. The zero-order valence-electron chi connectivity index (χ0n) is 17.8. The number of rotatable bonds is 7. The molecule has 29 heavy (non-hydrogen) atoms. The van der Waals surface area contributed by atoms with E-state index in [-0.39, 0.29) is 0 Å². The number of nitrogens with zero attached hydrogens (tertiary/aromatic N) is 3. The molecule has 1 aromatic carbocycles. The van der Waals surface area contributed by atoms with Crippen LogP contribution >= 0.6 is 0 Å². The Kier molecular flexibility index (Phi) is 6.65. The van der Waals surface area contributed by atoms with Crippen LogP contribution in [0.1, 0.15) is 74.5 Å². The molecule has 0 unspecified atom stereocenters. The Labute approximate surface area is 174 Å². The number of hydrogen-bond donors (Lipinski definition) is 0. The Hall–Kier alpha value is -2.14. The van der Waals surface area contributed by atoms with Gasteiger partial charge >= 0.3 is 0 Å². The number of ether oxygens (including phenoxy) is 2. The molecule has 2 heterocycles. The fourth-order valence-corrected chi connectivity index (χ4v) is 4.54. The van der Waals surface area contributed by atoms with Gasteiger partial charge in [0.1, 0.15) is 17.3 Å². The molecule has 1 saturated carbocycles. The minimum absolute atomic E-state index is 0.574. The van der Waals surface area contributed by atoms with Crippen molar-refractivity contribution in [3.63, 3.8) is 0 Å². The first kappa shape index (κ1) is 20.1. The third kappa shape index (κ3) is 4.89. The van der Waals surface area contributed by atoms with E-state index in [1.807, 2.05) is 26.0 Å². The van der Waals surface area contributed by atoms with Crippen LogP contribution in [0.4, 0.5) is 0 Å². The van der Waals surface area contributed by atoms with Crippen molar-refractivity contribution in [3.05, 3.63) is 47.0 Å². The topological polar surface area (TPSA) is 47.5 Å². The van der Waals surface area contributed by atoms with E-state index >= 15 is 0 Å². The van der Waals surface area contributed by atoms with E-state index in [9.17, 15) is 0 Å². The van der Waals surface area contributed by atoms with Crippen molar-refractivity contribution in [1.29, 1.82) is 0 Å². The molecule has 0 atom stereocenters. The molecule has 1 aliphatic heterocycles. The Bertz CT molecular complexity index is 818. The number of aromatic nitrogens is 2. The van der Waals surface area contributed by atoms with Gasteiger partial charge in [-0.15, -0.1) is 0 Å². The standard InChI is InChI=1S/C24H33N3O2/c1-3-28-21-11-10-19(23(14-21)29-4-2)16-27-13-12-22-20(17-27)15-25-24(26-22)18-8-6-5-7-9-18/h10-11,14-15,18H,3-9,12-13,16-17H2,1-2H3. The third-order valence-corrected chi connectivity index (χ3v) is 6.05. The molecule has 5 nitrogen and oxygen atoms in total. The van der Waals surface area contributed by atoms with Gasteiger partial charge < -0.3 is 9.47 Å². The third-order valence-electron chi connectivity index (χ3n) is 6.05. The van der Waals surface area contributed by atoms with Crippen LogP contribution in [0.25, 0.3) is 0 Å². The SMILES string of the molecule is CCOc1ccc(CN2CCc3nc(C4CCCCC4)ncc3C2)c(OCC)c1. The Morgan fingerprint density at radius 1 is 1.07 bits per heavy atom. The number of fused-ring (bicyclic) bond motifs is 1. The van der Waals surface area contributed by atoms with E-state index in [4.69, 9.17) is 19.4 Å². The van der Waals surface area contributed by atoms with E-state index in [1.165, 1.54) is 48.9 Å². The molecule has 156 valence electrons. The fourth-order valence-electron chi connectivity index (χ4n) is 4.54. The van der Waals surface area contributed by atoms with Crippen molar-refractivity contribution in [2.24, 2.45) is 0 Å². The highest BCUT2D eigenvalue weighted by atomic mass is 16.5. The average Bonchev–Trinajstić information content (AvgIpc) is 2.76.